The summed E-state index contributed by atoms with van der Waals surface area (Å²) in [6.07, 6.45) is 1.74. The van der Waals surface area contributed by atoms with E-state index < -0.39 is 19.7 Å². The molecule has 1 N–H and O–H groups in total. The van der Waals surface area contributed by atoms with Crippen molar-refractivity contribution in [2.24, 2.45) is 5.92 Å². The number of Topliss-reactive ketones (excluding diaryl/α,β-unsaturated/α-hetero) is 1. The summed E-state index contributed by atoms with van der Waals surface area (Å²) in [5, 5.41) is 2.43. The highest BCUT2D eigenvalue weighted by molar-refractivity contribution is 7.39. The molecule has 120 valence electrons. The Hall–Kier alpha value is -1.00. The van der Waals surface area contributed by atoms with Gasteiger partial charge in [-0.25, -0.2) is 4.79 Å². The molecule has 6 nitrogen and oxygen atoms in total. The Labute approximate surface area is 126 Å². The fourth-order valence-electron chi connectivity index (χ4n) is 1.77. The van der Waals surface area contributed by atoms with Gasteiger partial charge in [-0.2, -0.15) is 0 Å². The first kappa shape index (κ1) is 18.1. The van der Waals surface area contributed by atoms with Crippen molar-refractivity contribution >= 4 is 19.9 Å². The van der Waals surface area contributed by atoms with Crippen molar-refractivity contribution in [1.29, 1.82) is 0 Å². The molecule has 7 heteroatoms. The van der Waals surface area contributed by atoms with Gasteiger partial charge in [0.15, 0.2) is 11.9 Å². The zero-order valence-electron chi connectivity index (χ0n) is 13.2. The Morgan fingerprint density at radius 2 is 1.95 bits per heavy atom. The minimum atomic E-state index is -1.70. The van der Waals surface area contributed by atoms with E-state index >= 15 is 0 Å². The fourth-order valence-corrected chi connectivity index (χ4v) is 2.46. The molecule has 1 amide bonds. The standard InChI is InChI=1S/C14H24NO5P/c1-5-21(18)20-12(10-6-7-10)8-11(16)9-15-13(17)19-14(2,3)4/h10,12H,5-9H2,1-4H3/p+1. The smallest absolute Gasteiger partial charge is 0.444 e. The van der Waals surface area contributed by atoms with Gasteiger partial charge in [-0.05, 0) is 51.0 Å². The summed E-state index contributed by atoms with van der Waals surface area (Å²) in [6, 6.07) is 0. The average molecular weight is 318 g/mol. The lowest BCUT2D eigenvalue weighted by Gasteiger charge is -2.19. The first-order chi connectivity index (χ1) is 9.71. The molecule has 0 spiro atoms. The van der Waals surface area contributed by atoms with Gasteiger partial charge < -0.3 is 10.1 Å². The number of amides is 1. The van der Waals surface area contributed by atoms with Gasteiger partial charge in [-0.1, -0.05) is 0 Å². The van der Waals surface area contributed by atoms with Crippen LogP contribution < -0.4 is 5.32 Å². The maximum Gasteiger partial charge on any atom is 0.508 e. The monoisotopic (exact) mass is 318 g/mol. The molecule has 21 heavy (non-hydrogen) atoms. The maximum absolute atomic E-state index is 11.9. The lowest BCUT2D eigenvalue weighted by Crippen LogP contribution is -2.36. The van der Waals surface area contributed by atoms with Crippen molar-refractivity contribution in [3.63, 3.8) is 0 Å². The van der Waals surface area contributed by atoms with Gasteiger partial charge in [0.25, 0.3) is 0 Å². The number of carbonyl (C=O) groups excluding carboxylic acids is 2. The van der Waals surface area contributed by atoms with Gasteiger partial charge >= 0.3 is 14.1 Å². The van der Waals surface area contributed by atoms with Crippen molar-refractivity contribution in [2.75, 3.05) is 12.7 Å². The van der Waals surface area contributed by atoms with Crippen molar-refractivity contribution in [3.8, 4) is 0 Å². The van der Waals surface area contributed by atoms with Crippen LogP contribution in [0.2, 0.25) is 0 Å². The average Bonchev–Trinajstić information content (AvgIpc) is 3.17. The van der Waals surface area contributed by atoms with Crippen LogP contribution in [0.1, 0.15) is 47.0 Å². The van der Waals surface area contributed by atoms with Gasteiger partial charge in [0.1, 0.15) is 11.7 Å². The summed E-state index contributed by atoms with van der Waals surface area (Å²) < 4.78 is 22.0. The lowest BCUT2D eigenvalue weighted by molar-refractivity contribution is -0.120. The Kier molecular flexibility index (Phi) is 6.75. The van der Waals surface area contributed by atoms with E-state index in [0.29, 0.717) is 12.1 Å². The number of ether oxygens (including phenoxy) is 1. The molecule has 0 bridgehead atoms. The van der Waals surface area contributed by atoms with E-state index in [1.807, 2.05) is 0 Å². The van der Waals surface area contributed by atoms with Crippen LogP contribution in [0, 0.1) is 5.92 Å². The molecule has 1 saturated carbocycles. The third-order valence-electron chi connectivity index (χ3n) is 2.92. The van der Waals surface area contributed by atoms with Crippen LogP contribution in [0.15, 0.2) is 0 Å². The van der Waals surface area contributed by atoms with Crippen molar-refractivity contribution in [2.45, 2.75) is 58.7 Å². The van der Waals surface area contributed by atoms with Crippen LogP contribution in [0.4, 0.5) is 4.79 Å². The van der Waals surface area contributed by atoms with Crippen LogP contribution in [-0.2, 0) is 18.6 Å². The molecule has 0 heterocycles. The van der Waals surface area contributed by atoms with Gasteiger partial charge in [0.2, 0.25) is 0 Å². The summed E-state index contributed by atoms with van der Waals surface area (Å²) in [5.41, 5.74) is -0.591. The molecule has 0 aromatic heterocycles. The highest BCUT2D eigenvalue weighted by Crippen LogP contribution is 2.40. The normalized spacial score (nSPS) is 17.0. The second kappa shape index (κ2) is 7.85. The first-order valence-electron chi connectivity index (χ1n) is 7.31. The summed E-state index contributed by atoms with van der Waals surface area (Å²) in [4.78, 5) is 23.3. The van der Waals surface area contributed by atoms with Gasteiger partial charge in [0.05, 0.1) is 6.54 Å². The number of alkyl carbamates (subject to hydrolysis) is 1. The van der Waals surface area contributed by atoms with E-state index in [1.165, 1.54) is 0 Å². The number of ketones is 1. The lowest BCUT2D eigenvalue weighted by atomic mass is 10.1. The first-order valence-corrected chi connectivity index (χ1v) is 8.67. The highest BCUT2D eigenvalue weighted by atomic mass is 31.1. The summed E-state index contributed by atoms with van der Waals surface area (Å²) in [6.45, 7) is 6.96. The number of hydrogen-bond donors (Lipinski definition) is 1. The minimum absolute atomic E-state index is 0.0929. The van der Waals surface area contributed by atoms with E-state index in [0.717, 1.165) is 12.8 Å². The molecule has 1 aliphatic carbocycles. The molecule has 2 unspecified atom stereocenters. The van der Waals surface area contributed by atoms with Gasteiger partial charge in [-0.3, -0.25) is 4.79 Å². The number of rotatable bonds is 8. The molecule has 1 rings (SSSR count). The zero-order chi connectivity index (χ0) is 16.0. The van der Waals surface area contributed by atoms with Crippen LogP contribution >= 0.6 is 8.03 Å². The molecule has 0 aliphatic heterocycles. The van der Waals surface area contributed by atoms with E-state index in [-0.39, 0.29) is 24.9 Å². The Balaban J connectivity index is 2.34. The maximum atomic E-state index is 11.9. The highest BCUT2D eigenvalue weighted by Gasteiger charge is 2.38. The van der Waals surface area contributed by atoms with Gasteiger partial charge in [-0.15, -0.1) is 4.52 Å². The Bertz CT molecular complexity index is 401. The Morgan fingerprint density at radius 3 is 2.43 bits per heavy atom. The van der Waals surface area contributed by atoms with E-state index in [9.17, 15) is 14.2 Å². The van der Waals surface area contributed by atoms with Crippen LogP contribution in [0.5, 0.6) is 0 Å². The van der Waals surface area contributed by atoms with Crippen LogP contribution in [-0.4, -0.2) is 36.3 Å². The number of carbonyl (C=O) groups is 2. The molecule has 0 aromatic rings. The predicted molar refractivity (Wildman–Crippen MR) is 79.6 cm³/mol. The fraction of sp³-hybridized carbons (Fsp3) is 0.857. The van der Waals surface area contributed by atoms with E-state index in [2.05, 4.69) is 5.32 Å². The molecule has 1 fully saturated rings. The topological polar surface area (TPSA) is 81.7 Å². The molecular formula is C14H25NO5P+. The van der Waals surface area contributed by atoms with Crippen molar-refractivity contribution < 1.29 is 23.4 Å². The third kappa shape index (κ3) is 8.12. The summed E-state index contributed by atoms with van der Waals surface area (Å²) in [7, 11) is -1.70. The largest absolute Gasteiger partial charge is 0.508 e. The molecule has 1 aliphatic rings. The van der Waals surface area contributed by atoms with Crippen molar-refractivity contribution in [1.82, 2.24) is 5.32 Å². The molecule has 2 atom stereocenters. The molecule has 0 aromatic carbocycles. The minimum Gasteiger partial charge on any atom is -0.444 e. The number of nitrogens with one attached hydrogen (secondary N) is 1. The third-order valence-corrected chi connectivity index (χ3v) is 3.94. The van der Waals surface area contributed by atoms with Crippen LogP contribution in [0.25, 0.3) is 0 Å². The second-order valence-electron chi connectivity index (χ2n) is 6.23. The zero-order valence-corrected chi connectivity index (χ0v) is 14.1. The number of hydrogen-bond acceptors (Lipinski definition) is 5. The van der Waals surface area contributed by atoms with Crippen LogP contribution in [0.3, 0.4) is 0 Å². The van der Waals surface area contributed by atoms with Gasteiger partial charge in [0, 0.05) is 6.42 Å². The second-order valence-corrected chi connectivity index (χ2v) is 7.74. The SMILES string of the molecule is CC[P+](=O)OC(CC(=O)CNC(=O)OC(C)(C)C)C1CC1. The molecule has 0 radical (unpaired) electrons. The summed E-state index contributed by atoms with van der Waals surface area (Å²) >= 11 is 0. The van der Waals surface area contributed by atoms with Crippen molar-refractivity contribution in [3.05, 3.63) is 0 Å². The van der Waals surface area contributed by atoms with E-state index in [4.69, 9.17) is 9.26 Å². The quantitative estimate of drug-likeness (QED) is 0.696. The Morgan fingerprint density at radius 1 is 1.33 bits per heavy atom. The summed E-state index contributed by atoms with van der Waals surface area (Å²) in [5.74, 6) is 0.179. The predicted octanol–water partition coefficient (Wildman–Crippen LogP) is 3.03. The molecule has 0 saturated heterocycles. The molecular weight excluding hydrogens is 293 g/mol. The van der Waals surface area contributed by atoms with E-state index in [1.54, 1.807) is 27.7 Å².